The lowest BCUT2D eigenvalue weighted by molar-refractivity contribution is 0.101. The van der Waals surface area contributed by atoms with E-state index in [1.807, 2.05) is 0 Å². The first-order valence-corrected chi connectivity index (χ1v) is 3.41. The number of halogens is 1. The number of Topliss-reactive ketones (excluding diaryl/α,β-unsaturated/α-hetero) is 1. The van der Waals surface area contributed by atoms with Crippen LogP contribution in [0.4, 0.5) is 5.82 Å². The predicted octanol–water partition coefficient (Wildman–Crippen LogP) is 1.52. The summed E-state index contributed by atoms with van der Waals surface area (Å²) < 4.78 is 0. The van der Waals surface area contributed by atoms with Crippen molar-refractivity contribution >= 4 is 23.2 Å². The molecule has 0 saturated carbocycles. The lowest BCUT2D eigenvalue weighted by Gasteiger charge is -2.00. The van der Waals surface area contributed by atoms with Gasteiger partial charge in [-0.05, 0) is 13.0 Å². The summed E-state index contributed by atoms with van der Waals surface area (Å²) in [6.07, 6.45) is 1.46. The second-order valence-electron chi connectivity index (χ2n) is 2.11. The van der Waals surface area contributed by atoms with E-state index in [0.29, 0.717) is 5.56 Å². The minimum absolute atomic E-state index is 0.107. The highest BCUT2D eigenvalue weighted by Crippen LogP contribution is 2.20. The van der Waals surface area contributed by atoms with Crippen LogP contribution in [0.1, 0.15) is 17.3 Å². The first kappa shape index (κ1) is 8.01. The van der Waals surface area contributed by atoms with Gasteiger partial charge in [0.25, 0.3) is 0 Å². The van der Waals surface area contributed by atoms with Gasteiger partial charge < -0.3 is 5.73 Å². The quantitative estimate of drug-likeness (QED) is 0.651. The van der Waals surface area contributed by atoms with Gasteiger partial charge >= 0.3 is 0 Å². The van der Waals surface area contributed by atoms with Crippen molar-refractivity contribution in [2.45, 2.75) is 6.92 Å². The van der Waals surface area contributed by atoms with Gasteiger partial charge in [0, 0.05) is 11.8 Å². The third-order valence-corrected chi connectivity index (χ3v) is 1.69. The SMILES string of the molecule is CC(=O)c1ccnc(N)c1Cl. The number of ketones is 1. The molecule has 0 radical (unpaired) electrons. The second kappa shape index (κ2) is 2.88. The molecule has 0 saturated heterocycles. The number of nitrogens with two attached hydrogens (primary N) is 1. The molecule has 3 nitrogen and oxygen atoms in total. The molecule has 4 heteroatoms. The van der Waals surface area contributed by atoms with E-state index in [1.165, 1.54) is 13.1 Å². The Bertz CT molecular complexity index is 298. The first-order chi connectivity index (χ1) is 5.13. The Balaban J connectivity index is 3.27. The van der Waals surface area contributed by atoms with E-state index in [-0.39, 0.29) is 16.6 Å². The van der Waals surface area contributed by atoms with Crippen LogP contribution in [0.15, 0.2) is 12.3 Å². The van der Waals surface area contributed by atoms with Crippen molar-refractivity contribution in [3.05, 3.63) is 22.8 Å². The maximum Gasteiger partial charge on any atom is 0.161 e. The second-order valence-corrected chi connectivity index (χ2v) is 2.49. The standard InChI is InChI=1S/C7H7ClN2O/c1-4(11)5-2-3-10-7(9)6(5)8/h2-3H,1H3,(H2,9,10). The zero-order valence-electron chi connectivity index (χ0n) is 5.97. The molecule has 0 atom stereocenters. The molecule has 0 fully saturated rings. The summed E-state index contributed by atoms with van der Waals surface area (Å²) in [4.78, 5) is 14.6. The van der Waals surface area contributed by atoms with Crippen molar-refractivity contribution in [3.8, 4) is 0 Å². The van der Waals surface area contributed by atoms with Gasteiger partial charge in [-0.1, -0.05) is 11.6 Å². The van der Waals surface area contributed by atoms with Gasteiger partial charge in [-0.2, -0.15) is 0 Å². The van der Waals surface area contributed by atoms with Gasteiger partial charge in [0.2, 0.25) is 0 Å². The van der Waals surface area contributed by atoms with Crippen LogP contribution in [-0.4, -0.2) is 10.8 Å². The number of rotatable bonds is 1. The number of anilines is 1. The molecule has 2 N–H and O–H groups in total. The average molecular weight is 171 g/mol. The number of carbonyl (C=O) groups excluding carboxylic acids is 1. The molecule has 0 aromatic carbocycles. The van der Waals surface area contributed by atoms with E-state index in [2.05, 4.69) is 4.98 Å². The third-order valence-electron chi connectivity index (χ3n) is 1.30. The van der Waals surface area contributed by atoms with E-state index in [9.17, 15) is 4.79 Å². The van der Waals surface area contributed by atoms with E-state index in [0.717, 1.165) is 0 Å². The number of nitrogens with zero attached hydrogens (tertiary/aromatic N) is 1. The molecule has 0 unspecified atom stereocenters. The molecule has 11 heavy (non-hydrogen) atoms. The van der Waals surface area contributed by atoms with Gasteiger partial charge in [-0.3, -0.25) is 4.79 Å². The fourth-order valence-electron chi connectivity index (χ4n) is 0.732. The lowest BCUT2D eigenvalue weighted by atomic mass is 10.2. The molecule has 1 rings (SSSR count). The van der Waals surface area contributed by atoms with Crippen LogP contribution in [0.25, 0.3) is 0 Å². The van der Waals surface area contributed by atoms with Crippen molar-refractivity contribution in [2.75, 3.05) is 5.73 Å². The molecule has 58 valence electrons. The largest absolute Gasteiger partial charge is 0.382 e. The number of hydrogen-bond acceptors (Lipinski definition) is 3. The smallest absolute Gasteiger partial charge is 0.161 e. The molecule has 0 bridgehead atoms. The Labute approximate surface area is 69.2 Å². The van der Waals surface area contributed by atoms with Gasteiger partial charge in [-0.15, -0.1) is 0 Å². The summed E-state index contributed by atoms with van der Waals surface area (Å²) in [6.45, 7) is 1.43. The van der Waals surface area contributed by atoms with Gasteiger partial charge in [0.05, 0.1) is 5.02 Å². The Hall–Kier alpha value is -1.09. The minimum Gasteiger partial charge on any atom is -0.382 e. The molecule has 0 amide bonds. The Morgan fingerprint density at radius 3 is 2.82 bits per heavy atom. The van der Waals surface area contributed by atoms with Gasteiger partial charge in [-0.25, -0.2) is 4.98 Å². The predicted molar refractivity (Wildman–Crippen MR) is 43.7 cm³/mol. The van der Waals surface area contributed by atoms with Crippen LogP contribution >= 0.6 is 11.6 Å². The van der Waals surface area contributed by atoms with E-state index < -0.39 is 0 Å². The zero-order chi connectivity index (χ0) is 8.43. The van der Waals surface area contributed by atoms with Crippen molar-refractivity contribution in [3.63, 3.8) is 0 Å². The molecule has 1 heterocycles. The summed E-state index contributed by atoms with van der Waals surface area (Å²) in [7, 11) is 0. The average Bonchev–Trinajstić information content (AvgIpc) is 1.94. The summed E-state index contributed by atoms with van der Waals surface area (Å²) in [5.74, 6) is 0.0865. The van der Waals surface area contributed by atoms with Crippen LogP contribution in [0, 0.1) is 0 Å². The summed E-state index contributed by atoms with van der Waals surface area (Å²) in [6, 6.07) is 1.54. The monoisotopic (exact) mass is 170 g/mol. The maximum absolute atomic E-state index is 10.9. The third kappa shape index (κ3) is 1.49. The molecule has 0 aliphatic rings. The topological polar surface area (TPSA) is 56.0 Å². The lowest BCUT2D eigenvalue weighted by Crippen LogP contribution is -1.98. The normalized spacial score (nSPS) is 9.64. The highest BCUT2D eigenvalue weighted by molar-refractivity contribution is 6.35. The van der Waals surface area contributed by atoms with Crippen molar-refractivity contribution in [1.29, 1.82) is 0 Å². The van der Waals surface area contributed by atoms with Crippen LogP contribution in [-0.2, 0) is 0 Å². The van der Waals surface area contributed by atoms with Gasteiger partial charge in [0.15, 0.2) is 5.78 Å². The summed E-state index contributed by atoms with van der Waals surface area (Å²) >= 11 is 5.68. The highest BCUT2D eigenvalue weighted by atomic mass is 35.5. The van der Waals surface area contributed by atoms with Crippen molar-refractivity contribution in [1.82, 2.24) is 4.98 Å². The Morgan fingerprint density at radius 2 is 2.36 bits per heavy atom. The summed E-state index contributed by atoms with van der Waals surface area (Å²) in [5, 5.41) is 0.236. The zero-order valence-corrected chi connectivity index (χ0v) is 6.72. The molecular weight excluding hydrogens is 164 g/mol. The Morgan fingerprint density at radius 1 is 1.73 bits per heavy atom. The van der Waals surface area contributed by atoms with Crippen LogP contribution in [0.5, 0.6) is 0 Å². The Kier molecular flexibility index (Phi) is 2.10. The molecule has 0 aliphatic heterocycles. The van der Waals surface area contributed by atoms with E-state index in [4.69, 9.17) is 17.3 Å². The fourth-order valence-corrected chi connectivity index (χ4v) is 0.977. The fraction of sp³-hybridized carbons (Fsp3) is 0.143. The van der Waals surface area contributed by atoms with E-state index >= 15 is 0 Å². The maximum atomic E-state index is 10.9. The van der Waals surface area contributed by atoms with Crippen LogP contribution in [0.2, 0.25) is 5.02 Å². The molecule has 1 aromatic rings. The van der Waals surface area contributed by atoms with Gasteiger partial charge in [0.1, 0.15) is 5.82 Å². The molecular formula is C7H7ClN2O. The van der Waals surface area contributed by atoms with Crippen molar-refractivity contribution < 1.29 is 4.79 Å². The molecule has 0 spiro atoms. The molecule has 1 aromatic heterocycles. The number of aromatic nitrogens is 1. The minimum atomic E-state index is -0.107. The number of pyridine rings is 1. The molecule has 0 aliphatic carbocycles. The first-order valence-electron chi connectivity index (χ1n) is 3.04. The summed E-state index contributed by atoms with van der Waals surface area (Å²) in [5.41, 5.74) is 5.78. The van der Waals surface area contributed by atoms with Crippen molar-refractivity contribution in [2.24, 2.45) is 0 Å². The number of nitrogen functional groups attached to an aromatic ring is 1. The van der Waals surface area contributed by atoms with E-state index in [1.54, 1.807) is 6.07 Å². The van der Waals surface area contributed by atoms with Crippen LogP contribution < -0.4 is 5.73 Å². The number of hydrogen-bond donors (Lipinski definition) is 1. The highest BCUT2D eigenvalue weighted by Gasteiger charge is 2.07. The number of carbonyl (C=O) groups is 1. The van der Waals surface area contributed by atoms with Crippen LogP contribution in [0.3, 0.4) is 0 Å².